The lowest BCUT2D eigenvalue weighted by Gasteiger charge is -2.10. The predicted molar refractivity (Wildman–Crippen MR) is 134 cm³/mol. The zero-order valence-electron chi connectivity index (χ0n) is 16.9. The minimum absolute atomic E-state index is 0.513. The molecule has 0 atom stereocenters. The number of para-hydroxylation sites is 1. The normalized spacial score (nSPS) is 13.2. The number of benzene rings is 3. The molecule has 0 aliphatic heterocycles. The van der Waals surface area contributed by atoms with Crippen molar-refractivity contribution in [1.29, 1.82) is 0 Å². The smallest absolute Gasteiger partial charge is 0.313 e. The maximum atomic E-state index is 11.3. The van der Waals surface area contributed by atoms with Gasteiger partial charge in [-0.25, -0.2) is 0 Å². The fourth-order valence-corrected chi connectivity index (χ4v) is 5.95. The van der Waals surface area contributed by atoms with Gasteiger partial charge in [0.2, 0.25) is 0 Å². The maximum absolute atomic E-state index is 11.3. The van der Waals surface area contributed by atoms with Crippen molar-refractivity contribution >= 4 is 55.5 Å². The number of fused-ring (bicyclic) bond motifs is 7. The molecule has 0 amide bonds. The second kappa shape index (κ2) is 7.39. The van der Waals surface area contributed by atoms with Gasteiger partial charge >= 0.3 is 6.98 Å². The Kier molecular flexibility index (Phi) is 4.36. The van der Waals surface area contributed by atoms with E-state index in [0.717, 1.165) is 27.8 Å². The maximum Gasteiger partial charge on any atom is 0.548 e. The molecule has 0 radical (unpaired) electrons. The van der Waals surface area contributed by atoms with E-state index in [9.17, 15) is 9.81 Å². The molecule has 3 aromatic carbocycles. The van der Waals surface area contributed by atoms with Crippen LogP contribution < -0.4 is 0 Å². The number of rotatable bonds is 4. The van der Waals surface area contributed by atoms with Crippen molar-refractivity contribution in [3.05, 3.63) is 105 Å². The van der Waals surface area contributed by atoms with Crippen LogP contribution in [0.15, 0.2) is 94.5 Å². The fraction of sp³-hybridized carbons (Fsp3) is 0.0400. The summed E-state index contributed by atoms with van der Waals surface area (Å²) in [5.74, 6) is 0. The molecule has 0 unspecified atom stereocenters. The van der Waals surface area contributed by atoms with Gasteiger partial charge in [-0.1, -0.05) is 70.9 Å². The molecule has 0 saturated carbocycles. The first-order valence-corrected chi connectivity index (χ1v) is 11.2. The molecule has 152 valence electrons. The van der Waals surface area contributed by atoms with E-state index in [1.165, 1.54) is 20.2 Å². The fourth-order valence-electron chi connectivity index (χ4n) is 4.69. The lowest BCUT2D eigenvalue weighted by Crippen LogP contribution is -2.07. The Morgan fingerprint density at radius 1 is 0.875 bits per heavy atom. The van der Waals surface area contributed by atoms with Crippen LogP contribution >= 0.6 is 11.3 Å². The molecule has 2 heterocycles. The minimum Gasteiger partial charge on any atom is -0.313 e. The molecule has 0 fully saturated rings. The highest BCUT2D eigenvalue weighted by Crippen LogP contribution is 2.43. The van der Waals surface area contributed by atoms with E-state index < -0.39 is 6.98 Å². The van der Waals surface area contributed by atoms with Gasteiger partial charge in [-0.3, -0.25) is 0 Å². The molecule has 0 N–H and O–H groups in total. The van der Waals surface area contributed by atoms with E-state index in [4.69, 9.17) is 0 Å². The molecular formula is C25H16BN3O2S. The van der Waals surface area contributed by atoms with Crippen LogP contribution in [0.2, 0.25) is 0 Å². The van der Waals surface area contributed by atoms with Gasteiger partial charge in [-0.05, 0) is 29.7 Å². The molecule has 0 spiro atoms. The summed E-state index contributed by atoms with van der Waals surface area (Å²) in [6.07, 6.45) is 6.34. The number of allylic oxidation sites excluding steroid dienone is 3. The molecule has 5 nitrogen and oxygen atoms in total. The number of hydrogen-bond acceptors (Lipinski definition) is 5. The van der Waals surface area contributed by atoms with Crippen molar-refractivity contribution in [3.8, 4) is 5.69 Å². The third kappa shape index (κ3) is 2.71. The molecule has 1 aliphatic carbocycles. The minimum atomic E-state index is -1.26. The number of hydrogen-bond donors (Lipinski definition) is 0. The van der Waals surface area contributed by atoms with Crippen molar-refractivity contribution in [1.82, 2.24) is 4.57 Å². The Morgan fingerprint density at radius 3 is 2.47 bits per heavy atom. The number of nitrogens with zero attached hydrogens (tertiary/aromatic N) is 3. The number of thiophene rings is 1. The van der Waals surface area contributed by atoms with Crippen molar-refractivity contribution in [2.75, 3.05) is 0 Å². The van der Waals surface area contributed by atoms with E-state index in [0.29, 0.717) is 11.9 Å². The molecule has 7 heteroatoms. The van der Waals surface area contributed by atoms with Crippen LogP contribution in [0, 0.1) is 9.81 Å². The second-order valence-electron chi connectivity index (χ2n) is 7.80. The summed E-state index contributed by atoms with van der Waals surface area (Å²) < 4.78 is 4.70. The summed E-state index contributed by atoms with van der Waals surface area (Å²) >= 11 is 1.77. The Balaban J connectivity index is 1.79. The van der Waals surface area contributed by atoms with Gasteiger partial charge in [-0.15, -0.1) is 11.3 Å². The van der Waals surface area contributed by atoms with Crippen LogP contribution in [0.3, 0.4) is 0 Å². The van der Waals surface area contributed by atoms with Gasteiger partial charge in [0.05, 0.1) is 5.52 Å². The molecular weight excluding hydrogens is 417 g/mol. The summed E-state index contributed by atoms with van der Waals surface area (Å²) in [7, 11) is 0. The Morgan fingerprint density at radius 2 is 1.66 bits per heavy atom. The molecule has 2 aromatic heterocycles. The van der Waals surface area contributed by atoms with Crippen LogP contribution in [0.25, 0.3) is 42.8 Å². The van der Waals surface area contributed by atoms with Crippen LogP contribution in [0.4, 0.5) is 0 Å². The SMILES string of the molecule is O=NB(N=O)C1=Cc2c(n(-c3ccccc3)c3ccc4c5ccccc5sc4c23)CC=C1. The third-order valence-corrected chi connectivity index (χ3v) is 7.26. The monoisotopic (exact) mass is 433 g/mol. The molecule has 0 saturated heterocycles. The zero-order chi connectivity index (χ0) is 21.7. The topological polar surface area (TPSA) is 63.8 Å². The Hall–Kier alpha value is -3.84. The summed E-state index contributed by atoms with van der Waals surface area (Å²) in [4.78, 5) is 22.5. The lowest BCUT2D eigenvalue weighted by atomic mass is 9.69. The first kappa shape index (κ1) is 18.9. The lowest BCUT2D eigenvalue weighted by molar-refractivity contribution is 1.00. The van der Waals surface area contributed by atoms with E-state index in [1.807, 2.05) is 30.4 Å². The van der Waals surface area contributed by atoms with Gasteiger partial charge in [-0.2, -0.15) is 9.81 Å². The highest BCUT2D eigenvalue weighted by molar-refractivity contribution is 7.26. The molecule has 5 aromatic rings. The largest absolute Gasteiger partial charge is 0.548 e. The summed E-state index contributed by atoms with van der Waals surface area (Å²) in [6.45, 7) is -1.26. The van der Waals surface area contributed by atoms with E-state index >= 15 is 0 Å². The van der Waals surface area contributed by atoms with Crippen molar-refractivity contribution in [2.24, 2.45) is 10.2 Å². The quantitative estimate of drug-likeness (QED) is 0.225. The first-order chi connectivity index (χ1) is 15.8. The second-order valence-corrected chi connectivity index (χ2v) is 8.85. The highest BCUT2D eigenvalue weighted by atomic mass is 32.1. The molecule has 32 heavy (non-hydrogen) atoms. The highest BCUT2D eigenvalue weighted by Gasteiger charge is 2.27. The van der Waals surface area contributed by atoms with E-state index in [-0.39, 0.29) is 0 Å². The van der Waals surface area contributed by atoms with E-state index in [2.05, 4.69) is 63.3 Å². The molecule has 6 rings (SSSR count). The van der Waals surface area contributed by atoms with Gasteiger partial charge < -0.3 is 4.57 Å². The van der Waals surface area contributed by atoms with Gasteiger partial charge in [0.1, 0.15) is 0 Å². The van der Waals surface area contributed by atoms with Gasteiger partial charge in [0, 0.05) is 48.9 Å². The molecule has 0 bridgehead atoms. The van der Waals surface area contributed by atoms with Crippen molar-refractivity contribution < 1.29 is 0 Å². The van der Waals surface area contributed by atoms with E-state index in [1.54, 1.807) is 17.4 Å². The average Bonchev–Trinajstić information content (AvgIpc) is 3.27. The van der Waals surface area contributed by atoms with Crippen LogP contribution in [0.5, 0.6) is 0 Å². The standard InChI is InChI=1S/C25H16BN3O2S/c30-27-26(28-31)16-7-6-11-21-20(15-16)24-22(29(21)17-8-2-1-3-9-17)14-13-19-18-10-4-5-12-23(18)32-25(19)24/h1-10,12-15H,11H2. The first-order valence-electron chi connectivity index (χ1n) is 10.4. The zero-order valence-corrected chi connectivity index (χ0v) is 17.8. The third-order valence-electron chi connectivity index (χ3n) is 6.06. The summed E-state index contributed by atoms with van der Waals surface area (Å²) in [5.41, 5.74) is 4.80. The predicted octanol–water partition coefficient (Wildman–Crippen LogP) is 7.05. The van der Waals surface area contributed by atoms with Crippen molar-refractivity contribution in [2.45, 2.75) is 6.42 Å². The van der Waals surface area contributed by atoms with Crippen LogP contribution in [-0.2, 0) is 6.42 Å². The van der Waals surface area contributed by atoms with Crippen LogP contribution in [0.1, 0.15) is 11.3 Å². The summed E-state index contributed by atoms with van der Waals surface area (Å²) in [5, 5.41) is 9.43. The van der Waals surface area contributed by atoms with Crippen LogP contribution in [-0.4, -0.2) is 11.5 Å². The average molecular weight is 433 g/mol. The van der Waals surface area contributed by atoms with Crippen molar-refractivity contribution in [3.63, 3.8) is 0 Å². The molecule has 1 aliphatic rings. The Bertz CT molecular complexity index is 1590. The van der Waals surface area contributed by atoms with Gasteiger partial charge in [0.25, 0.3) is 0 Å². The summed E-state index contributed by atoms with van der Waals surface area (Å²) in [6, 6.07) is 23.0. The Labute approximate surface area is 187 Å². The number of nitroso groups, excluding NO2 is 2. The number of aromatic nitrogens is 1. The van der Waals surface area contributed by atoms with Gasteiger partial charge in [0.15, 0.2) is 0 Å².